The van der Waals surface area contributed by atoms with Gasteiger partial charge in [-0.15, -0.1) is 0 Å². The molecule has 2 nitrogen and oxygen atoms in total. The van der Waals surface area contributed by atoms with Crippen LogP contribution in [0, 0.1) is 5.41 Å². The first-order valence-electron chi connectivity index (χ1n) is 3.48. The summed E-state index contributed by atoms with van der Waals surface area (Å²) in [7, 11) is -1.98. The molecule has 0 saturated heterocycles. The Morgan fingerprint density at radius 1 is 1.50 bits per heavy atom. The summed E-state index contributed by atoms with van der Waals surface area (Å²) in [4.78, 5) is 8.69. The molecule has 10 heavy (non-hydrogen) atoms. The smallest absolute Gasteiger partial charge is 0.161 e. The summed E-state index contributed by atoms with van der Waals surface area (Å²) in [5.74, 6) is 0. The van der Waals surface area contributed by atoms with E-state index in [0.717, 1.165) is 6.42 Å². The van der Waals surface area contributed by atoms with Crippen LogP contribution in [0.25, 0.3) is 0 Å². The van der Waals surface area contributed by atoms with Gasteiger partial charge in [0.1, 0.15) is 0 Å². The van der Waals surface area contributed by atoms with E-state index in [9.17, 15) is 4.57 Å². The summed E-state index contributed by atoms with van der Waals surface area (Å²) in [5, 5.41) is 0. The van der Waals surface area contributed by atoms with E-state index in [1.165, 1.54) is 0 Å². The van der Waals surface area contributed by atoms with Crippen LogP contribution in [0.1, 0.15) is 34.1 Å². The SMILES string of the molecule is CC(CC(C)(C)C)[P+](=O)O. The van der Waals surface area contributed by atoms with Crippen LogP contribution in [0.2, 0.25) is 0 Å². The Labute approximate surface area is 63.5 Å². The third-order valence-electron chi connectivity index (χ3n) is 1.28. The molecule has 0 aromatic heterocycles. The predicted molar refractivity (Wildman–Crippen MR) is 43.4 cm³/mol. The Morgan fingerprint density at radius 2 is 1.90 bits per heavy atom. The van der Waals surface area contributed by atoms with E-state index in [4.69, 9.17) is 4.89 Å². The largest absolute Gasteiger partial charge is 0.508 e. The van der Waals surface area contributed by atoms with E-state index in [1.807, 2.05) is 6.92 Å². The first-order chi connectivity index (χ1) is 4.33. The molecule has 2 atom stereocenters. The van der Waals surface area contributed by atoms with Crippen molar-refractivity contribution >= 4 is 8.03 Å². The van der Waals surface area contributed by atoms with Gasteiger partial charge in [0.25, 0.3) is 0 Å². The molecule has 0 bridgehead atoms. The van der Waals surface area contributed by atoms with Gasteiger partial charge in [-0.1, -0.05) is 20.8 Å². The van der Waals surface area contributed by atoms with Gasteiger partial charge in [0.05, 0.1) is 0 Å². The van der Waals surface area contributed by atoms with Crippen LogP contribution in [-0.4, -0.2) is 10.6 Å². The van der Waals surface area contributed by atoms with Gasteiger partial charge in [-0.2, -0.15) is 4.89 Å². The summed E-state index contributed by atoms with van der Waals surface area (Å²) in [5.41, 5.74) is 0.0858. The van der Waals surface area contributed by atoms with Crippen molar-refractivity contribution in [2.75, 3.05) is 0 Å². The third kappa shape index (κ3) is 4.89. The molecule has 3 heteroatoms. The van der Waals surface area contributed by atoms with Crippen molar-refractivity contribution in [3.8, 4) is 0 Å². The quantitative estimate of drug-likeness (QED) is 0.635. The van der Waals surface area contributed by atoms with Gasteiger partial charge in [0, 0.05) is 6.42 Å². The fourth-order valence-electron chi connectivity index (χ4n) is 0.964. The highest BCUT2D eigenvalue weighted by molar-refractivity contribution is 7.38. The second-order valence-corrected chi connectivity index (χ2v) is 5.40. The molecule has 0 radical (unpaired) electrons. The zero-order chi connectivity index (χ0) is 8.36. The van der Waals surface area contributed by atoms with Crippen LogP contribution < -0.4 is 0 Å². The zero-order valence-corrected chi connectivity index (χ0v) is 7.98. The van der Waals surface area contributed by atoms with Gasteiger partial charge in [-0.3, -0.25) is 0 Å². The Bertz CT molecular complexity index is 126. The number of hydrogen-bond donors (Lipinski definition) is 1. The summed E-state index contributed by atoms with van der Waals surface area (Å²) >= 11 is 0. The van der Waals surface area contributed by atoms with Gasteiger partial charge < -0.3 is 0 Å². The van der Waals surface area contributed by atoms with E-state index in [2.05, 4.69) is 20.8 Å². The predicted octanol–water partition coefficient (Wildman–Crippen LogP) is 2.55. The maximum absolute atomic E-state index is 10.5. The number of rotatable bonds is 2. The average molecular weight is 163 g/mol. The van der Waals surface area contributed by atoms with E-state index < -0.39 is 8.03 Å². The van der Waals surface area contributed by atoms with Crippen molar-refractivity contribution in [3.63, 3.8) is 0 Å². The highest BCUT2D eigenvalue weighted by atomic mass is 31.1. The van der Waals surface area contributed by atoms with Crippen LogP contribution >= 0.6 is 8.03 Å². The normalized spacial score (nSPS) is 16.7. The first-order valence-corrected chi connectivity index (χ1v) is 4.76. The second kappa shape index (κ2) is 3.45. The highest BCUT2D eigenvalue weighted by Gasteiger charge is 2.28. The molecule has 0 spiro atoms. The van der Waals surface area contributed by atoms with E-state index in [-0.39, 0.29) is 11.1 Å². The summed E-state index contributed by atoms with van der Waals surface area (Å²) in [6.07, 6.45) is 0.804. The molecule has 0 saturated carbocycles. The Balaban J connectivity index is 3.80. The number of hydrogen-bond acceptors (Lipinski definition) is 1. The average Bonchev–Trinajstić information content (AvgIpc) is 1.60. The minimum atomic E-state index is -1.98. The summed E-state index contributed by atoms with van der Waals surface area (Å²) in [6.45, 7) is 8.02. The van der Waals surface area contributed by atoms with Crippen molar-refractivity contribution in [3.05, 3.63) is 0 Å². The zero-order valence-electron chi connectivity index (χ0n) is 7.09. The van der Waals surface area contributed by atoms with E-state index in [0.29, 0.717) is 0 Å². The minimum Gasteiger partial charge on any atom is -0.161 e. The highest BCUT2D eigenvalue weighted by Crippen LogP contribution is 2.32. The van der Waals surface area contributed by atoms with Gasteiger partial charge in [0.2, 0.25) is 0 Å². The molecular weight excluding hydrogens is 147 g/mol. The van der Waals surface area contributed by atoms with Crippen molar-refractivity contribution in [2.45, 2.75) is 39.8 Å². The molecular formula is C7H16O2P+. The van der Waals surface area contributed by atoms with Crippen molar-refractivity contribution in [1.82, 2.24) is 0 Å². The molecule has 0 heterocycles. The summed E-state index contributed by atoms with van der Waals surface area (Å²) < 4.78 is 10.5. The third-order valence-corrected chi connectivity index (χ3v) is 2.22. The van der Waals surface area contributed by atoms with Crippen molar-refractivity contribution in [1.29, 1.82) is 0 Å². The van der Waals surface area contributed by atoms with Crippen LogP contribution in [0.5, 0.6) is 0 Å². The monoisotopic (exact) mass is 163 g/mol. The maximum Gasteiger partial charge on any atom is 0.508 e. The van der Waals surface area contributed by atoms with E-state index >= 15 is 0 Å². The lowest BCUT2D eigenvalue weighted by Crippen LogP contribution is -2.11. The molecule has 0 rings (SSSR count). The molecule has 1 N–H and O–H groups in total. The molecule has 0 aromatic rings. The van der Waals surface area contributed by atoms with Crippen LogP contribution in [0.4, 0.5) is 0 Å². The fourth-order valence-corrected chi connectivity index (χ4v) is 1.67. The lowest BCUT2D eigenvalue weighted by Gasteiger charge is -2.16. The molecule has 0 fully saturated rings. The summed E-state index contributed by atoms with van der Waals surface area (Å²) in [6, 6.07) is 0. The Morgan fingerprint density at radius 3 is 2.00 bits per heavy atom. The standard InChI is InChI=1S/C7H15O2P/c1-6(10(8)9)5-7(2,3)4/h6H,5H2,1-4H3/p+1. The molecule has 60 valence electrons. The van der Waals surface area contributed by atoms with Gasteiger partial charge in [0.15, 0.2) is 5.66 Å². The van der Waals surface area contributed by atoms with Crippen LogP contribution in [0.3, 0.4) is 0 Å². The molecule has 0 amide bonds. The lowest BCUT2D eigenvalue weighted by molar-refractivity contribution is 0.364. The topological polar surface area (TPSA) is 37.3 Å². The van der Waals surface area contributed by atoms with Gasteiger partial charge in [-0.25, -0.2) is 0 Å². The van der Waals surface area contributed by atoms with Crippen molar-refractivity contribution in [2.24, 2.45) is 5.41 Å². The van der Waals surface area contributed by atoms with Crippen LogP contribution in [-0.2, 0) is 4.57 Å². The maximum atomic E-state index is 10.5. The van der Waals surface area contributed by atoms with Crippen molar-refractivity contribution < 1.29 is 9.46 Å². The van der Waals surface area contributed by atoms with E-state index in [1.54, 1.807) is 0 Å². The molecule has 0 aliphatic heterocycles. The Hall–Kier alpha value is 0.0600. The van der Waals surface area contributed by atoms with Crippen LogP contribution in [0.15, 0.2) is 0 Å². The first kappa shape index (κ1) is 10.1. The van der Waals surface area contributed by atoms with Gasteiger partial charge in [-0.05, 0) is 16.9 Å². The van der Waals surface area contributed by atoms with Gasteiger partial charge >= 0.3 is 8.03 Å². The molecule has 0 aliphatic rings. The minimum absolute atomic E-state index is 0.0741. The fraction of sp³-hybridized carbons (Fsp3) is 1.00. The molecule has 0 aromatic carbocycles. The molecule has 2 unspecified atom stereocenters. The molecule has 0 aliphatic carbocycles. The Kier molecular flexibility index (Phi) is 3.47. The second-order valence-electron chi connectivity index (χ2n) is 3.92. The lowest BCUT2D eigenvalue weighted by atomic mass is 9.91.